The van der Waals surface area contributed by atoms with Gasteiger partial charge >= 0.3 is 0 Å². The highest BCUT2D eigenvalue weighted by Crippen LogP contribution is 2.19. The molecule has 0 saturated heterocycles. The zero-order valence-electron chi connectivity index (χ0n) is 16.1. The molecule has 0 fully saturated rings. The first kappa shape index (κ1) is 19.5. The van der Waals surface area contributed by atoms with E-state index in [0.717, 1.165) is 22.6 Å². The fourth-order valence-electron chi connectivity index (χ4n) is 3.22. The van der Waals surface area contributed by atoms with Crippen molar-refractivity contribution in [3.8, 4) is 0 Å². The Morgan fingerprint density at radius 1 is 1.15 bits per heavy atom. The fourth-order valence-corrected chi connectivity index (χ4v) is 3.70. The fraction of sp³-hybridized carbons (Fsp3) is 0.333. The molecule has 1 amide bonds. The number of imidazole rings is 1. The second kappa shape index (κ2) is 9.06. The average Bonchev–Trinajstić information content (AvgIpc) is 3.00. The molecular weight excluding hydrogens is 356 g/mol. The van der Waals surface area contributed by atoms with Gasteiger partial charge in [-0.15, -0.1) is 0 Å². The number of hydrogen-bond donors (Lipinski definition) is 1. The quantitative estimate of drug-likeness (QED) is 0.649. The topological polar surface area (TPSA) is 50.2 Å². The lowest BCUT2D eigenvalue weighted by molar-refractivity contribution is -0.121. The second-order valence-electron chi connectivity index (χ2n) is 6.73. The molecular formula is C21H26N4OS. The first-order valence-electron chi connectivity index (χ1n) is 9.01. The molecule has 1 unspecified atom stereocenters. The van der Waals surface area contributed by atoms with Crippen LogP contribution in [-0.2, 0) is 17.1 Å². The van der Waals surface area contributed by atoms with Gasteiger partial charge in [0, 0.05) is 6.54 Å². The molecule has 142 valence electrons. The van der Waals surface area contributed by atoms with Gasteiger partial charge in [0.15, 0.2) is 0 Å². The Hall–Kier alpha value is -2.31. The van der Waals surface area contributed by atoms with Crippen LogP contribution in [0.15, 0.2) is 54.6 Å². The summed E-state index contributed by atoms with van der Waals surface area (Å²) in [7, 11) is 4.06. The maximum absolute atomic E-state index is 12.7. The van der Waals surface area contributed by atoms with Crippen LogP contribution < -0.4 is 5.32 Å². The van der Waals surface area contributed by atoms with Crippen LogP contribution in [0.1, 0.15) is 17.4 Å². The lowest BCUT2D eigenvalue weighted by atomic mass is 10.1. The van der Waals surface area contributed by atoms with Crippen molar-refractivity contribution in [2.24, 2.45) is 0 Å². The Morgan fingerprint density at radius 3 is 2.56 bits per heavy atom. The SMILES string of the molecule is CSCc1nc2ccccc2n1CC(=O)NCC(c1ccccc1)N(C)C. The van der Waals surface area contributed by atoms with E-state index >= 15 is 0 Å². The number of likely N-dealkylation sites (N-methyl/N-ethyl adjacent to an activating group) is 1. The molecule has 1 N–H and O–H groups in total. The van der Waals surface area contributed by atoms with Crippen LogP contribution >= 0.6 is 11.8 Å². The summed E-state index contributed by atoms with van der Waals surface area (Å²) in [5.41, 5.74) is 3.13. The van der Waals surface area contributed by atoms with Crippen LogP contribution in [0.25, 0.3) is 11.0 Å². The molecule has 0 spiro atoms. The van der Waals surface area contributed by atoms with Crippen LogP contribution in [0.4, 0.5) is 0 Å². The van der Waals surface area contributed by atoms with Gasteiger partial charge in [-0.3, -0.25) is 4.79 Å². The summed E-state index contributed by atoms with van der Waals surface area (Å²) in [6.45, 7) is 0.853. The third-order valence-corrected chi connectivity index (χ3v) is 5.16. The van der Waals surface area contributed by atoms with Gasteiger partial charge in [0.1, 0.15) is 12.4 Å². The molecule has 1 aromatic heterocycles. The summed E-state index contributed by atoms with van der Waals surface area (Å²) in [4.78, 5) is 19.5. The summed E-state index contributed by atoms with van der Waals surface area (Å²) < 4.78 is 2.02. The number of benzene rings is 2. The number of carbonyl (C=O) groups excluding carboxylic acids is 1. The van der Waals surface area contributed by atoms with Gasteiger partial charge in [-0.2, -0.15) is 11.8 Å². The summed E-state index contributed by atoms with van der Waals surface area (Å²) >= 11 is 1.71. The number of carbonyl (C=O) groups is 1. The molecule has 1 atom stereocenters. The van der Waals surface area contributed by atoms with Gasteiger partial charge in [0.05, 0.1) is 22.8 Å². The minimum absolute atomic E-state index is 0.00304. The number of thioether (sulfide) groups is 1. The van der Waals surface area contributed by atoms with Gasteiger partial charge in [0.25, 0.3) is 0 Å². The minimum atomic E-state index is 0.00304. The van der Waals surface area contributed by atoms with E-state index in [4.69, 9.17) is 0 Å². The molecule has 3 aromatic rings. The molecule has 0 radical (unpaired) electrons. The maximum atomic E-state index is 12.7. The molecule has 5 nitrogen and oxygen atoms in total. The van der Waals surface area contributed by atoms with E-state index in [1.165, 1.54) is 5.56 Å². The van der Waals surface area contributed by atoms with E-state index in [2.05, 4.69) is 27.3 Å². The zero-order chi connectivity index (χ0) is 19.2. The Kier molecular flexibility index (Phi) is 6.53. The first-order valence-corrected chi connectivity index (χ1v) is 10.4. The third-order valence-electron chi connectivity index (χ3n) is 4.61. The highest BCUT2D eigenvalue weighted by Gasteiger charge is 2.17. The minimum Gasteiger partial charge on any atom is -0.353 e. The number of nitrogens with zero attached hydrogens (tertiary/aromatic N) is 3. The monoisotopic (exact) mass is 382 g/mol. The molecule has 0 aliphatic carbocycles. The highest BCUT2D eigenvalue weighted by molar-refractivity contribution is 7.97. The molecule has 0 aliphatic heterocycles. The van der Waals surface area contributed by atoms with Crippen molar-refractivity contribution in [1.82, 2.24) is 19.8 Å². The number of fused-ring (bicyclic) bond motifs is 1. The summed E-state index contributed by atoms with van der Waals surface area (Å²) in [6, 6.07) is 18.4. The molecule has 3 rings (SSSR count). The molecule has 27 heavy (non-hydrogen) atoms. The van der Waals surface area contributed by atoms with Crippen LogP contribution in [0.5, 0.6) is 0 Å². The average molecular weight is 383 g/mol. The van der Waals surface area contributed by atoms with Gasteiger partial charge in [-0.25, -0.2) is 4.98 Å². The zero-order valence-corrected chi connectivity index (χ0v) is 16.9. The number of aromatic nitrogens is 2. The van der Waals surface area contributed by atoms with E-state index in [1.54, 1.807) is 11.8 Å². The standard InChI is InChI=1S/C21H26N4OS/c1-24(2)19(16-9-5-4-6-10-16)13-22-21(26)14-25-18-12-8-7-11-17(18)23-20(25)15-27-3/h4-12,19H,13-15H2,1-3H3,(H,22,26). The van der Waals surface area contributed by atoms with Gasteiger partial charge in [-0.1, -0.05) is 42.5 Å². The number of nitrogens with one attached hydrogen (secondary N) is 1. The van der Waals surface area contributed by atoms with Gasteiger partial charge in [0.2, 0.25) is 5.91 Å². The molecule has 2 aromatic carbocycles. The summed E-state index contributed by atoms with van der Waals surface area (Å²) in [6.07, 6.45) is 2.05. The van der Waals surface area contributed by atoms with Crippen molar-refractivity contribution < 1.29 is 4.79 Å². The number of para-hydroxylation sites is 2. The molecule has 1 heterocycles. The lowest BCUT2D eigenvalue weighted by Crippen LogP contribution is -2.36. The molecule has 0 saturated carbocycles. The summed E-state index contributed by atoms with van der Waals surface area (Å²) in [5.74, 6) is 1.72. The largest absolute Gasteiger partial charge is 0.353 e. The Labute approximate surface area is 164 Å². The van der Waals surface area contributed by atoms with Crippen molar-refractivity contribution >= 4 is 28.7 Å². The molecule has 0 aliphatic rings. The lowest BCUT2D eigenvalue weighted by Gasteiger charge is -2.25. The molecule has 0 bridgehead atoms. The van der Waals surface area contributed by atoms with E-state index in [9.17, 15) is 4.79 Å². The van der Waals surface area contributed by atoms with Gasteiger partial charge in [-0.05, 0) is 38.0 Å². The van der Waals surface area contributed by atoms with Crippen LogP contribution in [0.2, 0.25) is 0 Å². The van der Waals surface area contributed by atoms with E-state index in [0.29, 0.717) is 6.54 Å². The van der Waals surface area contributed by atoms with E-state index < -0.39 is 0 Å². The number of rotatable bonds is 8. The smallest absolute Gasteiger partial charge is 0.240 e. The Bertz CT molecular complexity index is 892. The second-order valence-corrected chi connectivity index (χ2v) is 7.60. The summed E-state index contributed by atoms with van der Waals surface area (Å²) in [5, 5.41) is 3.10. The van der Waals surface area contributed by atoms with Crippen LogP contribution in [0.3, 0.4) is 0 Å². The van der Waals surface area contributed by atoms with Crippen molar-refractivity contribution in [2.45, 2.75) is 18.3 Å². The van der Waals surface area contributed by atoms with Crippen LogP contribution in [-0.4, -0.2) is 47.3 Å². The van der Waals surface area contributed by atoms with Crippen molar-refractivity contribution in [3.63, 3.8) is 0 Å². The Balaban J connectivity index is 1.72. The van der Waals surface area contributed by atoms with Crippen molar-refractivity contribution in [3.05, 3.63) is 66.0 Å². The predicted octanol–water partition coefficient (Wildman–Crippen LogP) is 3.32. The number of amides is 1. The third kappa shape index (κ3) is 4.70. The van der Waals surface area contributed by atoms with Gasteiger partial charge < -0.3 is 14.8 Å². The normalized spacial score (nSPS) is 12.4. The Morgan fingerprint density at radius 2 is 1.85 bits per heavy atom. The maximum Gasteiger partial charge on any atom is 0.240 e. The molecule has 6 heteroatoms. The van der Waals surface area contributed by atoms with E-state index in [-0.39, 0.29) is 18.5 Å². The first-order chi connectivity index (χ1) is 13.1. The highest BCUT2D eigenvalue weighted by atomic mass is 32.2. The van der Waals surface area contributed by atoms with E-state index in [1.807, 2.05) is 67.4 Å². The van der Waals surface area contributed by atoms with Crippen molar-refractivity contribution in [1.29, 1.82) is 0 Å². The van der Waals surface area contributed by atoms with Crippen molar-refractivity contribution in [2.75, 3.05) is 26.9 Å². The number of hydrogen-bond acceptors (Lipinski definition) is 4. The predicted molar refractivity (Wildman–Crippen MR) is 113 cm³/mol. The van der Waals surface area contributed by atoms with Crippen LogP contribution in [0, 0.1) is 0 Å².